The van der Waals surface area contributed by atoms with Crippen molar-refractivity contribution in [3.05, 3.63) is 24.3 Å². The van der Waals surface area contributed by atoms with Crippen LogP contribution in [0.3, 0.4) is 0 Å². The standard InChI is InChI=1S/C17H23N3O3S/c1-4-11-20(14-10-12-24(22,23)13-14)17(21)18-15-8-6-7-9-16(15)19(3)5-2/h1,6-9,14H,5,10-13H2,2-3H3,(H,18,21)/t14-/m0/s1. The van der Waals surface area contributed by atoms with Crippen LogP contribution in [0.4, 0.5) is 16.2 Å². The van der Waals surface area contributed by atoms with Crippen LogP contribution in [0.15, 0.2) is 24.3 Å². The van der Waals surface area contributed by atoms with Crippen LogP contribution in [0.5, 0.6) is 0 Å². The molecule has 1 fully saturated rings. The first-order valence-corrected chi connectivity index (χ1v) is 9.71. The van der Waals surface area contributed by atoms with Crippen LogP contribution in [-0.2, 0) is 9.84 Å². The SMILES string of the molecule is C#CCN(C(=O)Nc1ccccc1N(C)CC)[C@H]1CCS(=O)(=O)C1. The summed E-state index contributed by atoms with van der Waals surface area (Å²) in [7, 11) is -1.15. The molecule has 0 aliphatic carbocycles. The van der Waals surface area contributed by atoms with Gasteiger partial charge >= 0.3 is 6.03 Å². The summed E-state index contributed by atoms with van der Waals surface area (Å²) in [5, 5.41) is 2.87. The fourth-order valence-electron chi connectivity index (χ4n) is 2.76. The number of carbonyl (C=O) groups excluding carboxylic acids is 1. The Morgan fingerprint density at radius 1 is 1.42 bits per heavy atom. The molecule has 1 aromatic carbocycles. The molecule has 6 nitrogen and oxygen atoms in total. The van der Waals surface area contributed by atoms with E-state index < -0.39 is 9.84 Å². The van der Waals surface area contributed by atoms with Crippen molar-refractivity contribution < 1.29 is 13.2 Å². The Kier molecular flexibility index (Phi) is 5.73. The fraction of sp³-hybridized carbons (Fsp3) is 0.471. The van der Waals surface area contributed by atoms with Crippen molar-refractivity contribution in [1.29, 1.82) is 0 Å². The van der Waals surface area contributed by atoms with E-state index in [1.165, 1.54) is 4.90 Å². The van der Waals surface area contributed by atoms with E-state index in [0.717, 1.165) is 12.2 Å². The van der Waals surface area contributed by atoms with Crippen LogP contribution < -0.4 is 10.2 Å². The number of sulfone groups is 1. The number of nitrogens with one attached hydrogen (secondary N) is 1. The second-order valence-electron chi connectivity index (χ2n) is 5.85. The first kappa shape index (κ1) is 18.1. The van der Waals surface area contributed by atoms with Crippen LogP contribution >= 0.6 is 0 Å². The summed E-state index contributed by atoms with van der Waals surface area (Å²) in [6.07, 6.45) is 5.79. The molecule has 0 spiro atoms. The van der Waals surface area contributed by atoms with E-state index in [9.17, 15) is 13.2 Å². The Bertz CT molecular complexity index is 740. The lowest BCUT2D eigenvalue weighted by Crippen LogP contribution is -2.44. The van der Waals surface area contributed by atoms with Crippen LogP contribution in [0.1, 0.15) is 13.3 Å². The van der Waals surface area contributed by atoms with Crippen molar-refractivity contribution >= 4 is 27.2 Å². The Morgan fingerprint density at radius 3 is 2.71 bits per heavy atom. The lowest BCUT2D eigenvalue weighted by Gasteiger charge is -2.28. The molecule has 1 aliphatic heterocycles. The van der Waals surface area contributed by atoms with Crippen LogP contribution in [0.25, 0.3) is 0 Å². The van der Waals surface area contributed by atoms with Crippen LogP contribution in [0.2, 0.25) is 0 Å². The second-order valence-corrected chi connectivity index (χ2v) is 8.08. The van der Waals surface area contributed by atoms with E-state index in [1.54, 1.807) is 0 Å². The van der Waals surface area contributed by atoms with Gasteiger partial charge in [0.05, 0.1) is 29.4 Å². The average molecular weight is 349 g/mol. The molecule has 1 aliphatic rings. The Balaban J connectivity index is 2.19. The number of terminal acetylenes is 1. The maximum absolute atomic E-state index is 12.7. The van der Waals surface area contributed by atoms with E-state index in [1.807, 2.05) is 43.1 Å². The predicted molar refractivity (Wildman–Crippen MR) is 97.0 cm³/mol. The van der Waals surface area contributed by atoms with Gasteiger partial charge in [-0.25, -0.2) is 13.2 Å². The van der Waals surface area contributed by atoms with E-state index in [4.69, 9.17) is 6.42 Å². The van der Waals surface area contributed by atoms with Gasteiger partial charge in [-0.1, -0.05) is 18.1 Å². The summed E-state index contributed by atoms with van der Waals surface area (Å²) >= 11 is 0. The smallest absolute Gasteiger partial charge is 0.322 e. The van der Waals surface area contributed by atoms with E-state index in [2.05, 4.69) is 11.2 Å². The lowest BCUT2D eigenvalue weighted by molar-refractivity contribution is 0.202. The highest BCUT2D eigenvalue weighted by molar-refractivity contribution is 7.91. The number of amides is 2. The number of carbonyl (C=O) groups is 1. The number of hydrogen-bond donors (Lipinski definition) is 1. The minimum Gasteiger partial charge on any atom is -0.373 e. The Hall–Kier alpha value is -2.20. The molecule has 1 heterocycles. The highest BCUT2D eigenvalue weighted by Crippen LogP contribution is 2.25. The maximum atomic E-state index is 12.7. The average Bonchev–Trinajstić information content (AvgIpc) is 2.91. The third-order valence-corrected chi connectivity index (χ3v) is 5.95. The molecule has 1 aromatic rings. The first-order chi connectivity index (χ1) is 11.4. The molecule has 0 unspecified atom stereocenters. The molecule has 0 saturated carbocycles. The summed E-state index contributed by atoms with van der Waals surface area (Å²) in [4.78, 5) is 16.1. The van der Waals surface area contributed by atoms with Crippen molar-refractivity contribution in [2.24, 2.45) is 0 Å². The minimum absolute atomic E-state index is 0.0292. The van der Waals surface area contributed by atoms with Crippen molar-refractivity contribution in [1.82, 2.24) is 4.90 Å². The second kappa shape index (κ2) is 7.58. The van der Waals surface area contributed by atoms with Gasteiger partial charge in [-0.2, -0.15) is 0 Å². The van der Waals surface area contributed by atoms with Gasteiger partial charge in [-0.05, 0) is 25.5 Å². The summed E-state index contributed by atoms with van der Waals surface area (Å²) < 4.78 is 23.4. The van der Waals surface area contributed by atoms with Gasteiger partial charge in [-0.3, -0.25) is 0 Å². The van der Waals surface area contributed by atoms with Gasteiger partial charge in [0.15, 0.2) is 9.84 Å². The minimum atomic E-state index is -3.09. The van der Waals surface area contributed by atoms with Crippen molar-refractivity contribution in [3.63, 3.8) is 0 Å². The number of anilines is 2. The number of benzene rings is 1. The van der Waals surface area contributed by atoms with E-state index in [0.29, 0.717) is 12.1 Å². The van der Waals surface area contributed by atoms with Crippen LogP contribution in [0, 0.1) is 12.3 Å². The zero-order chi connectivity index (χ0) is 17.7. The molecule has 7 heteroatoms. The van der Waals surface area contributed by atoms with Gasteiger partial charge in [0.1, 0.15) is 0 Å². The number of urea groups is 1. The maximum Gasteiger partial charge on any atom is 0.322 e. The van der Waals surface area contributed by atoms with Gasteiger partial charge < -0.3 is 15.1 Å². The number of nitrogens with zero attached hydrogens (tertiary/aromatic N) is 2. The molecule has 1 N–H and O–H groups in total. The highest BCUT2D eigenvalue weighted by atomic mass is 32.2. The van der Waals surface area contributed by atoms with Crippen LogP contribution in [-0.4, -0.2) is 57.0 Å². The molecule has 1 saturated heterocycles. The molecule has 1 atom stereocenters. The molecule has 0 radical (unpaired) electrons. The summed E-state index contributed by atoms with van der Waals surface area (Å²) in [6, 6.07) is 6.74. The third-order valence-electron chi connectivity index (χ3n) is 4.20. The number of rotatable bonds is 5. The topological polar surface area (TPSA) is 69.7 Å². The van der Waals surface area contributed by atoms with Gasteiger partial charge in [0, 0.05) is 19.6 Å². The molecule has 24 heavy (non-hydrogen) atoms. The summed E-state index contributed by atoms with van der Waals surface area (Å²) in [5.41, 5.74) is 1.57. The highest BCUT2D eigenvalue weighted by Gasteiger charge is 2.34. The monoisotopic (exact) mass is 349 g/mol. The quantitative estimate of drug-likeness (QED) is 0.823. The predicted octanol–water partition coefficient (Wildman–Crippen LogP) is 1.80. The Labute approximate surface area is 143 Å². The van der Waals surface area contributed by atoms with E-state index in [-0.39, 0.29) is 30.1 Å². The molecule has 0 bridgehead atoms. The number of para-hydroxylation sites is 2. The van der Waals surface area contributed by atoms with Gasteiger partial charge in [-0.15, -0.1) is 6.42 Å². The number of hydrogen-bond acceptors (Lipinski definition) is 4. The largest absolute Gasteiger partial charge is 0.373 e. The molecular weight excluding hydrogens is 326 g/mol. The summed E-state index contributed by atoms with van der Waals surface area (Å²) in [6.45, 7) is 2.90. The van der Waals surface area contributed by atoms with Crippen molar-refractivity contribution in [2.75, 3.05) is 41.9 Å². The molecule has 0 aromatic heterocycles. The summed E-state index contributed by atoms with van der Waals surface area (Å²) in [5.74, 6) is 2.52. The van der Waals surface area contributed by atoms with Crippen molar-refractivity contribution in [2.45, 2.75) is 19.4 Å². The zero-order valence-electron chi connectivity index (χ0n) is 14.0. The zero-order valence-corrected chi connectivity index (χ0v) is 14.8. The molecule has 2 rings (SSSR count). The fourth-order valence-corrected chi connectivity index (χ4v) is 4.49. The first-order valence-electron chi connectivity index (χ1n) is 7.89. The lowest BCUT2D eigenvalue weighted by atomic mass is 10.2. The normalized spacial score (nSPS) is 18.6. The molecule has 130 valence electrons. The Morgan fingerprint density at radius 2 is 2.12 bits per heavy atom. The molecule has 2 amide bonds. The van der Waals surface area contributed by atoms with Crippen molar-refractivity contribution in [3.8, 4) is 12.3 Å². The van der Waals surface area contributed by atoms with Gasteiger partial charge in [0.2, 0.25) is 0 Å². The van der Waals surface area contributed by atoms with E-state index >= 15 is 0 Å². The third kappa shape index (κ3) is 4.20. The van der Waals surface area contributed by atoms with Gasteiger partial charge in [0.25, 0.3) is 0 Å². The molecular formula is C17H23N3O3S.